The van der Waals surface area contributed by atoms with Crippen molar-refractivity contribution in [1.29, 1.82) is 0 Å². The van der Waals surface area contributed by atoms with Crippen LogP contribution in [-0.4, -0.2) is 16.4 Å². The average molecular weight is 183 g/mol. The molecule has 0 amide bonds. The van der Waals surface area contributed by atoms with Gasteiger partial charge in [0, 0.05) is 12.3 Å². The lowest BCUT2D eigenvalue weighted by molar-refractivity contribution is -0.134. The van der Waals surface area contributed by atoms with Crippen molar-refractivity contribution in [2.24, 2.45) is 0 Å². The third-order valence-electron chi connectivity index (χ3n) is 0.189. The summed E-state index contributed by atoms with van der Waals surface area (Å²) in [6, 6.07) is 0. The van der Waals surface area contributed by atoms with Crippen LogP contribution in [0.15, 0.2) is 0 Å². The molecular weight excluding hydrogens is 172 g/mol. The Labute approximate surface area is 58.0 Å². The molecule has 0 radical (unpaired) electrons. The van der Waals surface area contributed by atoms with Gasteiger partial charge in [-0.05, 0) is 6.42 Å². The molecule has 0 heterocycles. The van der Waals surface area contributed by atoms with Gasteiger partial charge in [0.25, 0.3) is 5.97 Å². The van der Waals surface area contributed by atoms with E-state index in [0.717, 1.165) is 12.3 Å². The fourth-order valence-corrected chi connectivity index (χ4v) is 0. The Balaban J connectivity index is 0. The Hall–Kier alpha value is -0.0500. The highest BCUT2D eigenvalue weighted by molar-refractivity contribution is 9.09. The summed E-state index contributed by atoms with van der Waals surface area (Å²) in [6.07, 6.45) is 1.24. The van der Waals surface area contributed by atoms with E-state index in [2.05, 4.69) is 22.9 Å². The van der Waals surface area contributed by atoms with Crippen molar-refractivity contribution in [3.05, 3.63) is 0 Å². The van der Waals surface area contributed by atoms with Crippen molar-refractivity contribution in [3.63, 3.8) is 0 Å². The summed E-state index contributed by atoms with van der Waals surface area (Å²) in [5, 5.41) is 8.55. The van der Waals surface area contributed by atoms with Gasteiger partial charge in [-0.2, -0.15) is 0 Å². The van der Waals surface area contributed by atoms with Gasteiger partial charge in [-0.1, -0.05) is 22.9 Å². The van der Waals surface area contributed by atoms with Crippen LogP contribution in [0.1, 0.15) is 20.3 Å². The predicted molar refractivity (Wildman–Crippen MR) is 37.4 cm³/mol. The van der Waals surface area contributed by atoms with E-state index in [0.29, 0.717) is 0 Å². The van der Waals surface area contributed by atoms with E-state index in [1.807, 2.05) is 0 Å². The molecule has 0 spiro atoms. The number of carboxylic acids is 1. The first-order chi connectivity index (χ1) is 3.65. The molecule has 0 atom stereocenters. The largest absolute Gasteiger partial charge is 0.481 e. The number of carboxylic acid groups (broad SMARTS) is 1. The maximum absolute atomic E-state index is 9.00. The summed E-state index contributed by atoms with van der Waals surface area (Å²) in [6.45, 7) is 3.22. The fraction of sp³-hybridized carbons (Fsp3) is 0.800. The molecule has 0 aromatic rings. The third-order valence-corrected chi connectivity index (χ3v) is 0.982. The summed E-state index contributed by atoms with van der Waals surface area (Å²) in [7, 11) is 0. The zero-order valence-corrected chi connectivity index (χ0v) is 6.73. The summed E-state index contributed by atoms with van der Waals surface area (Å²) in [5.74, 6) is -0.833. The fourth-order valence-electron chi connectivity index (χ4n) is 0. The molecule has 0 aliphatic rings. The van der Waals surface area contributed by atoms with E-state index >= 15 is 0 Å². The van der Waals surface area contributed by atoms with Crippen molar-refractivity contribution < 1.29 is 9.90 Å². The first-order valence-corrected chi connectivity index (χ1v) is 3.52. The van der Waals surface area contributed by atoms with Crippen LogP contribution in [0.25, 0.3) is 0 Å². The van der Waals surface area contributed by atoms with Crippen LogP contribution < -0.4 is 0 Å². The van der Waals surface area contributed by atoms with Gasteiger partial charge in [0.05, 0.1) is 0 Å². The van der Waals surface area contributed by atoms with E-state index in [9.17, 15) is 0 Å². The van der Waals surface area contributed by atoms with Crippen molar-refractivity contribution in [1.82, 2.24) is 0 Å². The van der Waals surface area contributed by atoms with Gasteiger partial charge in [-0.3, -0.25) is 4.79 Å². The van der Waals surface area contributed by atoms with Gasteiger partial charge in [0.1, 0.15) is 0 Å². The van der Waals surface area contributed by atoms with Gasteiger partial charge in [-0.15, -0.1) is 0 Å². The molecule has 0 bridgehead atoms. The lowest BCUT2D eigenvalue weighted by atomic mass is 10.6. The molecule has 50 valence electrons. The topological polar surface area (TPSA) is 37.3 Å². The van der Waals surface area contributed by atoms with Gasteiger partial charge >= 0.3 is 0 Å². The maximum Gasteiger partial charge on any atom is 0.300 e. The molecule has 1 N–H and O–H groups in total. The molecule has 3 heteroatoms. The smallest absolute Gasteiger partial charge is 0.300 e. The van der Waals surface area contributed by atoms with Gasteiger partial charge in [0.15, 0.2) is 0 Å². The normalized spacial score (nSPS) is 6.88. The first kappa shape index (κ1) is 10.8. The van der Waals surface area contributed by atoms with Gasteiger partial charge in [0.2, 0.25) is 0 Å². The van der Waals surface area contributed by atoms with Crippen LogP contribution in [0.3, 0.4) is 0 Å². The second-order valence-electron chi connectivity index (χ2n) is 1.21. The van der Waals surface area contributed by atoms with E-state index in [1.54, 1.807) is 0 Å². The Bertz CT molecular complexity index is 48.4. The quantitative estimate of drug-likeness (QED) is 0.630. The summed E-state index contributed by atoms with van der Waals surface area (Å²) in [5.41, 5.74) is 0. The summed E-state index contributed by atoms with van der Waals surface area (Å²) < 4.78 is 0. The lowest BCUT2D eigenvalue weighted by Crippen LogP contribution is -1.78. The van der Waals surface area contributed by atoms with Crippen LogP contribution >= 0.6 is 15.9 Å². The second kappa shape index (κ2) is 10.0. The minimum atomic E-state index is -0.833. The van der Waals surface area contributed by atoms with E-state index in [-0.39, 0.29) is 0 Å². The number of hydrogen-bond donors (Lipinski definition) is 1. The Morgan fingerprint density at radius 2 is 1.88 bits per heavy atom. The van der Waals surface area contributed by atoms with E-state index in [1.165, 1.54) is 6.42 Å². The molecule has 0 aliphatic heterocycles. The van der Waals surface area contributed by atoms with Crippen molar-refractivity contribution in [3.8, 4) is 0 Å². The minimum Gasteiger partial charge on any atom is -0.481 e. The first-order valence-electron chi connectivity index (χ1n) is 2.40. The number of alkyl halides is 1. The molecule has 0 fully saturated rings. The standard InChI is InChI=1S/C3H7Br.C2H4O2/c1-2-3-4;1-2(3)4/h2-3H2,1H3;1H3,(H,3,4). The van der Waals surface area contributed by atoms with Crippen LogP contribution in [0, 0.1) is 0 Å². The van der Waals surface area contributed by atoms with E-state index in [4.69, 9.17) is 9.90 Å². The number of halogens is 1. The highest BCUT2D eigenvalue weighted by Crippen LogP contribution is 1.80. The summed E-state index contributed by atoms with van der Waals surface area (Å²) in [4.78, 5) is 9.00. The lowest BCUT2D eigenvalue weighted by Gasteiger charge is -1.66. The molecule has 0 unspecified atom stereocenters. The van der Waals surface area contributed by atoms with Crippen molar-refractivity contribution >= 4 is 21.9 Å². The molecule has 0 aliphatic carbocycles. The number of hydrogen-bond acceptors (Lipinski definition) is 1. The zero-order chi connectivity index (χ0) is 6.99. The predicted octanol–water partition coefficient (Wildman–Crippen LogP) is 1.88. The van der Waals surface area contributed by atoms with Gasteiger partial charge in [-0.25, -0.2) is 0 Å². The Morgan fingerprint density at radius 1 is 1.75 bits per heavy atom. The van der Waals surface area contributed by atoms with Crippen LogP contribution in [0.2, 0.25) is 0 Å². The molecule has 0 aromatic heterocycles. The van der Waals surface area contributed by atoms with Crippen LogP contribution in [-0.2, 0) is 4.79 Å². The summed E-state index contributed by atoms with van der Waals surface area (Å²) >= 11 is 3.25. The Morgan fingerprint density at radius 3 is 1.88 bits per heavy atom. The van der Waals surface area contributed by atoms with Crippen molar-refractivity contribution in [2.45, 2.75) is 20.3 Å². The number of rotatable bonds is 1. The molecule has 0 rings (SSSR count). The number of carbonyl (C=O) groups is 1. The van der Waals surface area contributed by atoms with Gasteiger partial charge < -0.3 is 5.11 Å². The third kappa shape index (κ3) is 162. The molecule has 0 aromatic carbocycles. The maximum atomic E-state index is 9.00. The van der Waals surface area contributed by atoms with Crippen molar-refractivity contribution in [2.75, 3.05) is 5.33 Å². The zero-order valence-electron chi connectivity index (χ0n) is 5.15. The SMILES string of the molecule is CC(=O)O.CCCBr. The Kier molecular flexibility index (Phi) is 13.6. The molecule has 0 saturated carbocycles. The number of aliphatic carboxylic acids is 1. The van der Waals surface area contributed by atoms with Crippen LogP contribution in [0.5, 0.6) is 0 Å². The molecule has 0 saturated heterocycles. The molecular formula is C5H11BrO2. The van der Waals surface area contributed by atoms with E-state index < -0.39 is 5.97 Å². The highest BCUT2D eigenvalue weighted by atomic mass is 79.9. The average Bonchev–Trinajstić information content (AvgIpc) is 1.65. The monoisotopic (exact) mass is 182 g/mol. The molecule has 8 heavy (non-hydrogen) atoms. The van der Waals surface area contributed by atoms with Crippen LogP contribution in [0.4, 0.5) is 0 Å². The highest BCUT2D eigenvalue weighted by Gasteiger charge is 1.65. The minimum absolute atomic E-state index is 0.833. The second-order valence-corrected chi connectivity index (χ2v) is 2.00. The molecule has 2 nitrogen and oxygen atoms in total.